The molecule has 0 aliphatic carbocycles. The molecule has 19 heavy (non-hydrogen) atoms. The van der Waals surface area contributed by atoms with Crippen molar-refractivity contribution in [3.63, 3.8) is 0 Å². The average Bonchev–Trinajstić information content (AvgIpc) is 2.98. The van der Waals surface area contributed by atoms with Crippen LogP contribution in [0.5, 0.6) is 5.75 Å². The molecule has 1 aromatic heterocycles. The summed E-state index contributed by atoms with van der Waals surface area (Å²) in [7, 11) is 1.70. The van der Waals surface area contributed by atoms with Gasteiger partial charge in [0, 0.05) is 0 Å². The van der Waals surface area contributed by atoms with Gasteiger partial charge in [0.25, 0.3) is 0 Å². The molecule has 0 spiro atoms. The zero-order valence-electron chi connectivity index (χ0n) is 11.4. The zero-order valence-corrected chi connectivity index (χ0v) is 11.4. The van der Waals surface area contributed by atoms with Gasteiger partial charge in [-0.25, -0.2) is 4.98 Å². The van der Waals surface area contributed by atoms with E-state index in [0.29, 0.717) is 0 Å². The van der Waals surface area contributed by atoms with Crippen LogP contribution in [-0.2, 0) is 6.42 Å². The first-order valence-electron chi connectivity index (χ1n) is 6.55. The molecule has 2 rings (SSSR count). The van der Waals surface area contributed by atoms with Crippen molar-refractivity contribution in [3.8, 4) is 5.75 Å². The molecule has 0 radical (unpaired) electrons. The number of nitrogens with zero attached hydrogens (tertiary/aromatic N) is 2. The Morgan fingerprint density at radius 3 is 2.89 bits per heavy atom. The Morgan fingerprint density at radius 2 is 2.21 bits per heavy atom. The van der Waals surface area contributed by atoms with Crippen molar-refractivity contribution in [1.82, 2.24) is 20.5 Å². The number of rotatable bonds is 7. The van der Waals surface area contributed by atoms with Crippen LogP contribution in [0.1, 0.15) is 30.8 Å². The maximum Gasteiger partial charge on any atom is 0.141 e. The predicted octanol–water partition coefficient (Wildman–Crippen LogP) is 2.10. The number of hydrogen-bond acceptors (Lipinski definition) is 4. The second kappa shape index (κ2) is 6.89. The Labute approximate surface area is 113 Å². The number of benzene rings is 1. The van der Waals surface area contributed by atoms with E-state index in [4.69, 9.17) is 4.74 Å². The van der Waals surface area contributed by atoms with Crippen molar-refractivity contribution in [1.29, 1.82) is 0 Å². The molecule has 5 nitrogen and oxygen atoms in total. The number of aromatic nitrogens is 3. The molecule has 1 aromatic carbocycles. The van der Waals surface area contributed by atoms with E-state index in [1.807, 2.05) is 18.2 Å². The normalized spacial score (nSPS) is 12.3. The largest absolute Gasteiger partial charge is 0.496 e. The Balaban J connectivity index is 2.15. The second-order valence-electron chi connectivity index (χ2n) is 4.39. The summed E-state index contributed by atoms with van der Waals surface area (Å²) >= 11 is 0. The number of nitrogens with one attached hydrogen (secondary N) is 2. The van der Waals surface area contributed by atoms with Gasteiger partial charge in [0.05, 0.1) is 13.2 Å². The summed E-state index contributed by atoms with van der Waals surface area (Å²) < 4.78 is 5.39. The molecule has 0 saturated carbocycles. The molecular weight excluding hydrogens is 240 g/mol. The fourth-order valence-electron chi connectivity index (χ4n) is 2.06. The summed E-state index contributed by atoms with van der Waals surface area (Å²) in [5.41, 5.74) is 1.16. The van der Waals surface area contributed by atoms with Gasteiger partial charge in [-0.1, -0.05) is 25.1 Å². The van der Waals surface area contributed by atoms with E-state index in [9.17, 15) is 0 Å². The third-order valence-corrected chi connectivity index (χ3v) is 3.02. The van der Waals surface area contributed by atoms with Crippen molar-refractivity contribution >= 4 is 0 Å². The predicted molar refractivity (Wildman–Crippen MR) is 74.1 cm³/mol. The van der Waals surface area contributed by atoms with E-state index in [0.717, 1.165) is 36.5 Å². The third-order valence-electron chi connectivity index (χ3n) is 3.02. The summed E-state index contributed by atoms with van der Waals surface area (Å²) in [6.45, 7) is 3.09. The molecule has 0 amide bonds. The molecule has 0 aliphatic rings. The van der Waals surface area contributed by atoms with E-state index < -0.39 is 0 Å². The molecule has 1 atom stereocenters. The van der Waals surface area contributed by atoms with Gasteiger partial charge in [-0.05, 0) is 31.0 Å². The van der Waals surface area contributed by atoms with Crippen LogP contribution in [0.3, 0.4) is 0 Å². The van der Waals surface area contributed by atoms with Gasteiger partial charge in [0.15, 0.2) is 0 Å². The molecule has 2 aromatic rings. The Bertz CT molecular complexity index is 484. The minimum Gasteiger partial charge on any atom is -0.496 e. The van der Waals surface area contributed by atoms with Crippen molar-refractivity contribution in [2.75, 3.05) is 13.7 Å². The Hall–Kier alpha value is -1.88. The highest BCUT2D eigenvalue weighted by molar-refractivity contribution is 5.34. The maximum atomic E-state index is 5.39. The number of methoxy groups -OCH3 is 1. The molecule has 2 N–H and O–H groups in total. The smallest absolute Gasteiger partial charge is 0.141 e. The lowest BCUT2D eigenvalue weighted by Crippen LogP contribution is -2.25. The van der Waals surface area contributed by atoms with Crippen LogP contribution in [0.4, 0.5) is 0 Å². The van der Waals surface area contributed by atoms with E-state index >= 15 is 0 Å². The number of aromatic amines is 1. The van der Waals surface area contributed by atoms with Crippen LogP contribution in [-0.4, -0.2) is 28.8 Å². The van der Waals surface area contributed by atoms with Gasteiger partial charge in [-0.3, -0.25) is 5.10 Å². The summed E-state index contributed by atoms with van der Waals surface area (Å²) in [6, 6.07) is 8.18. The monoisotopic (exact) mass is 260 g/mol. The topological polar surface area (TPSA) is 62.8 Å². The highest BCUT2D eigenvalue weighted by Gasteiger charge is 2.16. The van der Waals surface area contributed by atoms with Crippen LogP contribution < -0.4 is 10.1 Å². The lowest BCUT2D eigenvalue weighted by Gasteiger charge is -2.17. The number of para-hydroxylation sites is 1. The van der Waals surface area contributed by atoms with Crippen LogP contribution in [0.25, 0.3) is 0 Å². The first-order chi connectivity index (χ1) is 9.35. The molecule has 0 saturated heterocycles. The first kappa shape index (κ1) is 13.5. The van der Waals surface area contributed by atoms with Crippen LogP contribution >= 0.6 is 0 Å². The average molecular weight is 260 g/mol. The van der Waals surface area contributed by atoms with Crippen molar-refractivity contribution < 1.29 is 4.74 Å². The van der Waals surface area contributed by atoms with Gasteiger partial charge in [0.1, 0.15) is 17.9 Å². The standard InChI is InChI=1S/C14H20N4O/c1-3-8-15-12(14-16-10-17-18-14)9-11-6-4-5-7-13(11)19-2/h4-7,10,12,15H,3,8-9H2,1-2H3,(H,16,17,18). The Morgan fingerprint density at radius 1 is 1.37 bits per heavy atom. The molecule has 102 valence electrons. The highest BCUT2D eigenvalue weighted by atomic mass is 16.5. The zero-order chi connectivity index (χ0) is 13.5. The second-order valence-corrected chi connectivity index (χ2v) is 4.39. The lowest BCUT2D eigenvalue weighted by atomic mass is 10.0. The minimum absolute atomic E-state index is 0.124. The molecule has 0 fully saturated rings. The quantitative estimate of drug-likeness (QED) is 0.800. The first-order valence-corrected chi connectivity index (χ1v) is 6.55. The van der Waals surface area contributed by atoms with Gasteiger partial charge < -0.3 is 10.1 Å². The van der Waals surface area contributed by atoms with Gasteiger partial charge in [0.2, 0.25) is 0 Å². The summed E-state index contributed by atoms with van der Waals surface area (Å²) in [4.78, 5) is 4.25. The molecule has 1 heterocycles. The SMILES string of the molecule is CCCNC(Cc1ccccc1OC)c1ncn[nH]1. The third kappa shape index (κ3) is 3.54. The van der Waals surface area contributed by atoms with E-state index in [1.165, 1.54) is 6.33 Å². The summed E-state index contributed by atoms with van der Waals surface area (Å²) in [5, 5.41) is 10.3. The molecule has 0 aliphatic heterocycles. The molecule has 5 heteroatoms. The van der Waals surface area contributed by atoms with E-state index in [2.05, 4.69) is 33.5 Å². The van der Waals surface area contributed by atoms with Crippen LogP contribution in [0.15, 0.2) is 30.6 Å². The molecule has 1 unspecified atom stereocenters. The summed E-state index contributed by atoms with van der Waals surface area (Å²) in [6.07, 6.45) is 3.44. The van der Waals surface area contributed by atoms with Crippen LogP contribution in [0, 0.1) is 0 Å². The van der Waals surface area contributed by atoms with Crippen molar-refractivity contribution in [3.05, 3.63) is 42.0 Å². The van der Waals surface area contributed by atoms with Crippen molar-refractivity contribution in [2.45, 2.75) is 25.8 Å². The Kier molecular flexibility index (Phi) is 4.92. The lowest BCUT2D eigenvalue weighted by molar-refractivity contribution is 0.404. The molecule has 0 bridgehead atoms. The number of H-pyrrole nitrogens is 1. The minimum atomic E-state index is 0.124. The van der Waals surface area contributed by atoms with E-state index in [1.54, 1.807) is 7.11 Å². The van der Waals surface area contributed by atoms with Gasteiger partial charge >= 0.3 is 0 Å². The van der Waals surface area contributed by atoms with Crippen molar-refractivity contribution in [2.24, 2.45) is 0 Å². The fraction of sp³-hybridized carbons (Fsp3) is 0.429. The highest BCUT2D eigenvalue weighted by Crippen LogP contribution is 2.23. The maximum absolute atomic E-state index is 5.39. The summed E-state index contributed by atoms with van der Waals surface area (Å²) in [5.74, 6) is 1.77. The van der Waals surface area contributed by atoms with Gasteiger partial charge in [-0.15, -0.1) is 0 Å². The van der Waals surface area contributed by atoms with Crippen LogP contribution in [0.2, 0.25) is 0 Å². The molecular formula is C14H20N4O. The van der Waals surface area contributed by atoms with Gasteiger partial charge in [-0.2, -0.15) is 5.10 Å². The van der Waals surface area contributed by atoms with E-state index in [-0.39, 0.29) is 6.04 Å². The number of ether oxygens (including phenoxy) is 1. The fourth-order valence-corrected chi connectivity index (χ4v) is 2.06. The number of hydrogen-bond donors (Lipinski definition) is 2.